The molecule has 5 heteroatoms. The second-order valence-electron chi connectivity index (χ2n) is 5.03. The number of aromatic nitrogens is 1. The van der Waals surface area contributed by atoms with Crippen LogP contribution in [0.2, 0.25) is 0 Å². The molecule has 3 N–H and O–H groups in total. The van der Waals surface area contributed by atoms with Crippen molar-refractivity contribution < 1.29 is 0 Å². The van der Waals surface area contributed by atoms with Gasteiger partial charge in [0.05, 0.1) is 10.5 Å². The first-order valence-corrected chi connectivity index (χ1v) is 8.18. The number of hydrogen-bond acceptors (Lipinski definition) is 3. The highest BCUT2D eigenvalue weighted by atomic mass is 79.9. The summed E-state index contributed by atoms with van der Waals surface area (Å²) >= 11 is 6.97. The van der Waals surface area contributed by atoms with Crippen LogP contribution in [0.4, 0.5) is 11.5 Å². The van der Waals surface area contributed by atoms with Crippen molar-refractivity contribution >= 4 is 43.4 Å². The van der Waals surface area contributed by atoms with Crippen LogP contribution in [0.25, 0.3) is 0 Å². The Bertz CT molecular complexity index is 643. The summed E-state index contributed by atoms with van der Waals surface area (Å²) < 4.78 is 1.93. The van der Waals surface area contributed by atoms with Gasteiger partial charge in [-0.05, 0) is 80.4 Å². The van der Waals surface area contributed by atoms with Crippen molar-refractivity contribution in [3.63, 3.8) is 0 Å². The fourth-order valence-electron chi connectivity index (χ4n) is 2.67. The Labute approximate surface area is 135 Å². The molecule has 1 unspecified atom stereocenters. The number of rotatable bonds is 2. The molecule has 1 aliphatic rings. The number of aryl methyl sites for hydroxylation is 1. The molecule has 0 radical (unpaired) electrons. The lowest BCUT2D eigenvalue weighted by Crippen LogP contribution is -2.18. The third-order valence-corrected chi connectivity index (χ3v) is 4.64. The lowest BCUT2D eigenvalue weighted by Gasteiger charge is -2.27. The van der Waals surface area contributed by atoms with E-state index in [-0.39, 0.29) is 0 Å². The summed E-state index contributed by atoms with van der Waals surface area (Å²) in [6.07, 6.45) is 5.19. The van der Waals surface area contributed by atoms with Crippen LogP contribution in [0.3, 0.4) is 0 Å². The summed E-state index contributed by atoms with van der Waals surface area (Å²) in [7, 11) is 0. The molecule has 1 aromatic carbocycles. The van der Waals surface area contributed by atoms with Gasteiger partial charge < -0.3 is 11.1 Å². The standard InChI is InChI=1S/C15H15Br2N3/c16-10-7-13(17)15(19-8-10)20-14-3-1-2-9-6-11(18)4-5-12(9)14/h4-8,14H,1-3,18H2,(H,19,20). The number of nitrogens with zero attached hydrogens (tertiary/aromatic N) is 1. The average Bonchev–Trinajstić information content (AvgIpc) is 2.41. The number of halogens is 2. The maximum atomic E-state index is 5.88. The predicted octanol–water partition coefficient (Wildman–Crippen LogP) is 4.68. The van der Waals surface area contributed by atoms with Gasteiger partial charge in [0.1, 0.15) is 5.82 Å². The molecular formula is C15H15Br2N3. The Morgan fingerprint density at radius 3 is 2.90 bits per heavy atom. The third kappa shape index (κ3) is 2.83. The molecule has 1 aliphatic carbocycles. The summed E-state index contributed by atoms with van der Waals surface area (Å²) in [4.78, 5) is 4.43. The summed E-state index contributed by atoms with van der Waals surface area (Å²) in [6.45, 7) is 0. The Balaban J connectivity index is 1.89. The Hall–Kier alpha value is -1.07. The van der Waals surface area contributed by atoms with Gasteiger partial charge in [-0.25, -0.2) is 4.98 Å². The van der Waals surface area contributed by atoms with E-state index in [4.69, 9.17) is 5.73 Å². The minimum Gasteiger partial charge on any atom is -0.399 e. The van der Waals surface area contributed by atoms with Crippen LogP contribution >= 0.6 is 31.9 Å². The van der Waals surface area contributed by atoms with Gasteiger partial charge in [-0.1, -0.05) is 6.07 Å². The monoisotopic (exact) mass is 395 g/mol. The first-order valence-electron chi connectivity index (χ1n) is 6.59. The van der Waals surface area contributed by atoms with Gasteiger partial charge >= 0.3 is 0 Å². The Kier molecular flexibility index (Phi) is 3.98. The second kappa shape index (κ2) is 5.74. The van der Waals surface area contributed by atoms with E-state index in [1.165, 1.54) is 17.5 Å². The van der Waals surface area contributed by atoms with Crippen LogP contribution in [-0.4, -0.2) is 4.98 Å². The van der Waals surface area contributed by atoms with Gasteiger partial charge in [0.15, 0.2) is 0 Å². The van der Waals surface area contributed by atoms with E-state index in [9.17, 15) is 0 Å². The second-order valence-corrected chi connectivity index (χ2v) is 6.80. The number of anilines is 2. The van der Waals surface area contributed by atoms with Crippen LogP contribution in [0.5, 0.6) is 0 Å². The Morgan fingerprint density at radius 1 is 1.25 bits per heavy atom. The van der Waals surface area contributed by atoms with E-state index in [1.807, 2.05) is 12.1 Å². The van der Waals surface area contributed by atoms with Crippen molar-refractivity contribution in [1.82, 2.24) is 4.98 Å². The van der Waals surface area contributed by atoms with E-state index in [0.717, 1.165) is 33.3 Å². The lowest BCUT2D eigenvalue weighted by molar-refractivity contribution is 0.598. The highest BCUT2D eigenvalue weighted by Gasteiger charge is 2.21. The molecule has 1 heterocycles. The molecule has 0 aliphatic heterocycles. The molecule has 1 atom stereocenters. The summed E-state index contributed by atoms with van der Waals surface area (Å²) in [6, 6.07) is 8.50. The lowest BCUT2D eigenvalue weighted by atomic mass is 9.87. The smallest absolute Gasteiger partial charge is 0.140 e. The van der Waals surface area contributed by atoms with Gasteiger partial charge in [-0.3, -0.25) is 0 Å². The van der Waals surface area contributed by atoms with Crippen molar-refractivity contribution in [3.8, 4) is 0 Å². The van der Waals surface area contributed by atoms with E-state index in [1.54, 1.807) is 6.20 Å². The summed E-state index contributed by atoms with van der Waals surface area (Å²) in [5, 5.41) is 3.53. The number of benzene rings is 1. The van der Waals surface area contributed by atoms with Crippen molar-refractivity contribution in [2.45, 2.75) is 25.3 Å². The molecule has 0 spiro atoms. The number of fused-ring (bicyclic) bond motifs is 1. The largest absolute Gasteiger partial charge is 0.399 e. The van der Waals surface area contributed by atoms with E-state index >= 15 is 0 Å². The normalized spacial score (nSPS) is 17.6. The van der Waals surface area contributed by atoms with E-state index < -0.39 is 0 Å². The first-order chi connectivity index (χ1) is 9.63. The van der Waals surface area contributed by atoms with E-state index in [0.29, 0.717) is 6.04 Å². The molecule has 0 saturated carbocycles. The molecule has 2 aromatic rings. The highest BCUT2D eigenvalue weighted by molar-refractivity contribution is 9.11. The van der Waals surface area contributed by atoms with Gasteiger partial charge in [-0.2, -0.15) is 0 Å². The number of pyridine rings is 1. The maximum Gasteiger partial charge on any atom is 0.140 e. The topological polar surface area (TPSA) is 50.9 Å². The van der Waals surface area contributed by atoms with Crippen LogP contribution < -0.4 is 11.1 Å². The van der Waals surface area contributed by atoms with Crippen molar-refractivity contribution in [3.05, 3.63) is 50.5 Å². The van der Waals surface area contributed by atoms with Gasteiger partial charge in [0.2, 0.25) is 0 Å². The van der Waals surface area contributed by atoms with Gasteiger partial charge in [0.25, 0.3) is 0 Å². The zero-order valence-electron chi connectivity index (χ0n) is 10.9. The minimum absolute atomic E-state index is 0.296. The molecule has 0 fully saturated rings. The predicted molar refractivity (Wildman–Crippen MR) is 89.8 cm³/mol. The Morgan fingerprint density at radius 2 is 2.10 bits per heavy atom. The third-order valence-electron chi connectivity index (χ3n) is 3.60. The summed E-state index contributed by atoms with van der Waals surface area (Å²) in [5.41, 5.74) is 9.40. The fourth-order valence-corrected chi connectivity index (χ4v) is 3.77. The zero-order valence-corrected chi connectivity index (χ0v) is 14.0. The molecule has 0 bridgehead atoms. The average molecular weight is 397 g/mol. The van der Waals surface area contributed by atoms with E-state index in [2.05, 4.69) is 54.3 Å². The van der Waals surface area contributed by atoms with Crippen molar-refractivity contribution in [1.29, 1.82) is 0 Å². The van der Waals surface area contributed by atoms with Gasteiger partial charge in [0, 0.05) is 16.4 Å². The number of nitrogen functional groups attached to an aromatic ring is 1. The zero-order chi connectivity index (χ0) is 14.1. The first kappa shape index (κ1) is 13.9. The van der Waals surface area contributed by atoms with Crippen LogP contribution in [0, 0.1) is 0 Å². The molecule has 1 aromatic heterocycles. The quantitative estimate of drug-likeness (QED) is 0.724. The number of nitrogens with one attached hydrogen (secondary N) is 1. The van der Waals surface area contributed by atoms with Crippen LogP contribution in [0.15, 0.2) is 39.4 Å². The number of nitrogens with two attached hydrogens (primary N) is 1. The van der Waals surface area contributed by atoms with Crippen LogP contribution in [-0.2, 0) is 6.42 Å². The molecular weight excluding hydrogens is 382 g/mol. The molecule has 3 rings (SSSR count). The van der Waals surface area contributed by atoms with Crippen molar-refractivity contribution in [2.75, 3.05) is 11.1 Å². The van der Waals surface area contributed by atoms with Crippen molar-refractivity contribution in [2.24, 2.45) is 0 Å². The number of hydrogen-bond donors (Lipinski definition) is 2. The minimum atomic E-state index is 0.296. The summed E-state index contributed by atoms with van der Waals surface area (Å²) in [5.74, 6) is 0.878. The molecule has 104 valence electrons. The maximum absolute atomic E-state index is 5.88. The van der Waals surface area contributed by atoms with Gasteiger partial charge in [-0.15, -0.1) is 0 Å². The molecule has 0 saturated heterocycles. The molecule has 3 nitrogen and oxygen atoms in total. The highest BCUT2D eigenvalue weighted by Crippen LogP contribution is 2.35. The molecule has 20 heavy (non-hydrogen) atoms. The SMILES string of the molecule is Nc1ccc2c(c1)CCCC2Nc1ncc(Br)cc1Br. The van der Waals surface area contributed by atoms with Crippen LogP contribution in [0.1, 0.15) is 30.0 Å². The fraction of sp³-hybridized carbons (Fsp3) is 0.267. The molecule has 0 amide bonds.